The van der Waals surface area contributed by atoms with Gasteiger partial charge in [-0.3, -0.25) is 4.79 Å². The fourth-order valence-corrected chi connectivity index (χ4v) is 3.72. The quantitative estimate of drug-likeness (QED) is 0.831. The van der Waals surface area contributed by atoms with E-state index >= 15 is 0 Å². The minimum Gasteiger partial charge on any atom is -0.372 e. The average molecular weight is 343 g/mol. The van der Waals surface area contributed by atoms with Crippen LogP contribution in [-0.2, 0) is 17.8 Å². The van der Waals surface area contributed by atoms with E-state index in [1.54, 1.807) is 16.2 Å². The molecule has 0 aliphatic carbocycles. The molecule has 5 heteroatoms. The number of amides is 1. The molecule has 1 amide bonds. The highest BCUT2D eigenvalue weighted by Crippen LogP contribution is 2.20. The van der Waals surface area contributed by atoms with Gasteiger partial charge in [0, 0.05) is 37.7 Å². The maximum atomic E-state index is 12.3. The van der Waals surface area contributed by atoms with Gasteiger partial charge < -0.3 is 9.80 Å². The third-order valence-corrected chi connectivity index (χ3v) is 5.32. The number of carbonyl (C=O) groups is 1. The molecule has 4 nitrogen and oxygen atoms in total. The van der Waals surface area contributed by atoms with E-state index < -0.39 is 0 Å². The van der Waals surface area contributed by atoms with Crippen molar-refractivity contribution in [3.63, 3.8) is 0 Å². The van der Waals surface area contributed by atoms with Gasteiger partial charge in [0.25, 0.3) is 0 Å². The first-order valence-electron chi connectivity index (χ1n) is 8.60. The van der Waals surface area contributed by atoms with Gasteiger partial charge in [0.1, 0.15) is 0 Å². The molecular weight excluding hydrogens is 318 g/mol. The molecule has 2 heterocycles. The van der Waals surface area contributed by atoms with Crippen LogP contribution in [0.2, 0.25) is 0 Å². The second kappa shape index (κ2) is 7.79. The van der Waals surface area contributed by atoms with E-state index in [1.807, 2.05) is 19.4 Å². The lowest BCUT2D eigenvalue weighted by atomic mass is 10.1. The summed E-state index contributed by atoms with van der Waals surface area (Å²) in [5.74, 6) is 0.111. The molecule has 3 rings (SSSR count). The summed E-state index contributed by atoms with van der Waals surface area (Å²) in [6, 6.07) is 8.65. The first kappa shape index (κ1) is 17.0. The van der Waals surface area contributed by atoms with Crippen molar-refractivity contribution in [3.8, 4) is 0 Å². The zero-order chi connectivity index (χ0) is 16.9. The van der Waals surface area contributed by atoms with Crippen LogP contribution in [0.4, 0.5) is 5.69 Å². The Morgan fingerprint density at radius 2 is 1.92 bits per heavy atom. The molecule has 0 bridgehead atoms. The van der Waals surface area contributed by atoms with Crippen LogP contribution in [0, 0.1) is 6.92 Å². The molecule has 0 N–H and O–H groups in total. The van der Waals surface area contributed by atoms with Crippen molar-refractivity contribution in [1.29, 1.82) is 0 Å². The standard InChI is InChI=1S/C19H25N3OS/c1-15-20-17(14-24-15)12-19(23)21(2)13-16-6-8-18(9-7-16)22-10-4-3-5-11-22/h6-9,14H,3-5,10-13H2,1-2H3. The van der Waals surface area contributed by atoms with Crippen molar-refractivity contribution in [2.24, 2.45) is 0 Å². The maximum Gasteiger partial charge on any atom is 0.228 e. The van der Waals surface area contributed by atoms with Crippen LogP contribution in [-0.4, -0.2) is 35.9 Å². The van der Waals surface area contributed by atoms with Gasteiger partial charge in [-0.15, -0.1) is 11.3 Å². The SMILES string of the molecule is Cc1nc(CC(=O)N(C)Cc2ccc(N3CCCCC3)cc2)cs1. The van der Waals surface area contributed by atoms with E-state index in [0.29, 0.717) is 13.0 Å². The molecule has 1 aliphatic rings. The zero-order valence-electron chi connectivity index (χ0n) is 14.5. The number of aromatic nitrogens is 1. The number of thiazole rings is 1. The molecule has 0 radical (unpaired) electrons. The number of carbonyl (C=O) groups excluding carboxylic acids is 1. The number of aryl methyl sites for hydroxylation is 1. The third kappa shape index (κ3) is 4.35. The maximum absolute atomic E-state index is 12.3. The minimum atomic E-state index is 0.111. The number of piperidine rings is 1. The highest BCUT2D eigenvalue weighted by atomic mass is 32.1. The van der Waals surface area contributed by atoms with Crippen LogP contribution in [0.25, 0.3) is 0 Å². The highest BCUT2D eigenvalue weighted by Gasteiger charge is 2.13. The summed E-state index contributed by atoms with van der Waals surface area (Å²) in [7, 11) is 1.86. The number of hydrogen-bond acceptors (Lipinski definition) is 4. The van der Waals surface area contributed by atoms with E-state index in [9.17, 15) is 4.79 Å². The summed E-state index contributed by atoms with van der Waals surface area (Å²) in [6.45, 7) is 4.92. The van der Waals surface area contributed by atoms with E-state index in [2.05, 4.69) is 34.1 Å². The topological polar surface area (TPSA) is 36.4 Å². The molecule has 0 saturated carbocycles. The summed E-state index contributed by atoms with van der Waals surface area (Å²) >= 11 is 1.59. The molecule has 0 unspecified atom stereocenters. The van der Waals surface area contributed by atoms with Gasteiger partial charge >= 0.3 is 0 Å². The molecule has 1 fully saturated rings. The Morgan fingerprint density at radius 3 is 2.54 bits per heavy atom. The van der Waals surface area contributed by atoms with Gasteiger partial charge in [0.2, 0.25) is 5.91 Å². The number of rotatable bonds is 5. The average Bonchev–Trinajstić information content (AvgIpc) is 3.01. The Bertz CT molecular complexity index is 674. The lowest BCUT2D eigenvalue weighted by Gasteiger charge is -2.29. The predicted octanol–water partition coefficient (Wildman–Crippen LogP) is 3.64. The summed E-state index contributed by atoms with van der Waals surface area (Å²) in [5, 5.41) is 2.97. The lowest BCUT2D eigenvalue weighted by Crippen LogP contribution is -2.29. The summed E-state index contributed by atoms with van der Waals surface area (Å²) < 4.78 is 0. The van der Waals surface area contributed by atoms with E-state index in [-0.39, 0.29) is 5.91 Å². The van der Waals surface area contributed by atoms with Gasteiger partial charge in [0.15, 0.2) is 0 Å². The van der Waals surface area contributed by atoms with Gasteiger partial charge in [-0.05, 0) is 43.9 Å². The van der Waals surface area contributed by atoms with Crippen LogP contribution < -0.4 is 4.90 Å². The lowest BCUT2D eigenvalue weighted by molar-refractivity contribution is -0.129. The Hall–Kier alpha value is -1.88. The van der Waals surface area contributed by atoms with Crippen LogP contribution >= 0.6 is 11.3 Å². The van der Waals surface area contributed by atoms with Crippen LogP contribution in [0.1, 0.15) is 35.5 Å². The normalized spacial score (nSPS) is 14.7. The molecule has 24 heavy (non-hydrogen) atoms. The number of likely N-dealkylation sites (N-methyl/N-ethyl adjacent to an activating group) is 1. The molecule has 128 valence electrons. The van der Waals surface area contributed by atoms with E-state index in [0.717, 1.165) is 23.8 Å². The molecule has 0 atom stereocenters. The second-order valence-electron chi connectivity index (χ2n) is 6.50. The summed E-state index contributed by atoms with van der Waals surface area (Å²) in [4.78, 5) is 20.9. The van der Waals surface area contributed by atoms with E-state index in [4.69, 9.17) is 0 Å². The molecule has 1 saturated heterocycles. The van der Waals surface area contributed by atoms with Crippen LogP contribution in [0.3, 0.4) is 0 Å². The molecule has 1 aromatic heterocycles. The van der Waals surface area contributed by atoms with Crippen molar-refractivity contribution in [2.45, 2.75) is 39.2 Å². The second-order valence-corrected chi connectivity index (χ2v) is 7.56. The highest BCUT2D eigenvalue weighted by molar-refractivity contribution is 7.09. The summed E-state index contributed by atoms with van der Waals surface area (Å²) in [6.07, 6.45) is 4.30. The van der Waals surface area contributed by atoms with Gasteiger partial charge in [0.05, 0.1) is 17.1 Å². The van der Waals surface area contributed by atoms with E-state index in [1.165, 1.54) is 30.5 Å². The molecule has 0 spiro atoms. The first-order valence-corrected chi connectivity index (χ1v) is 9.48. The fourth-order valence-electron chi connectivity index (χ4n) is 3.11. The smallest absolute Gasteiger partial charge is 0.228 e. The largest absolute Gasteiger partial charge is 0.372 e. The predicted molar refractivity (Wildman–Crippen MR) is 99.5 cm³/mol. The third-order valence-electron chi connectivity index (χ3n) is 4.50. The molecule has 1 aliphatic heterocycles. The van der Waals surface area contributed by atoms with Crippen molar-refractivity contribution < 1.29 is 4.79 Å². The Balaban J connectivity index is 1.55. The van der Waals surface area contributed by atoms with Gasteiger partial charge in [-0.2, -0.15) is 0 Å². The number of nitrogens with zero attached hydrogens (tertiary/aromatic N) is 3. The minimum absolute atomic E-state index is 0.111. The van der Waals surface area contributed by atoms with Crippen molar-refractivity contribution in [1.82, 2.24) is 9.88 Å². The molecular formula is C19H25N3OS. The molecule has 1 aromatic carbocycles. The Kier molecular flexibility index (Phi) is 5.51. The number of anilines is 1. The Labute approximate surface area is 148 Å². The Morgan fingerprint density at radius 1 is 1.21 bits per heavy atom. The van der Waals surface area contributed by atoms with Crippen LogP contribution in [0.5, 0.6) is 0 Å². The summed E-state index contributed by atoms with van der Waals surface area (Å²) in [5.41, 5.74) is 3.33. The van der Waals surface area contributed by atoms with Crippen molar-refractivity contribution in [3.05, 3.63) is 45.9 Å². The molecule has 2 aromatic rings. The first-order chi connectivity index (χ1) is 11.6. The zero-order valence-corrected chi connectivity index (χ0v) is 15.3. The number of benzene rings is 1. The number of hydrogen-bond donors (Lipinski definition) is 0. The van der Waals surface area contributed by atoms with Crippen LogP contribution in [0.15, 0.2) is 29.6 Å². The van der Waals surface area contributed by atoms with Crippen molar-refractivity contribution >= 4 is 22.9 Å². The monoisotopic (exact) mass is 343 g/mol. The van der Waals surface area contributed by atoms with Gasteiger partial charge in [-0.25, -0.2) is 4.98 Å². The van der Waals surface area contributed by atoms with Gasteiger partial charge in [-0.1, -0.05) is 12.1 Å². The fraction of sp³-hybridized carbons (Fsp3) is 0.474. The van der Waals surface area contributed by atoms with Crippen molar-refractivity contribution in [2.75, 3.05) is 25.0 Å².